The molecule has 0 saturated carbocycles. The fraction of sp³-hybridized carbons (Fsp3) is 0.214. The average Bonchev–Trinajstić information content (AvgIpc) is 2.75. The van der Waals surface area contributed by atoms with Gasteiger partial charge in [0.1, 0.15) is 0 Å². The number of hydrogen-bond donors (Lipinski definition) is 2. The van der Waals surface area contributed by atoms with Crippen LogP contribution in [0.3, 0.4) is 0 Å². The molecule has 0 aliphatic carbocycles. The van der Waals surface area contributed by atoms with Crippen LogP contribution in [0.2, 0.25) is 0 Å². The lowest BCUT2D eigenvalue weighted by Crippen LogP contribution is -2.08. The Hall–Kier alpha value is -2.47. The van der Waals surface area contributed by atoms with Crippen molar-refractivity contribution in [2.45, 2.75) is 13.5 Å². The number of aromatic nitrogens is 4. The number of rotatable bonds is 3. The lowest BCUT2D eigenvalue weighted by molar-refractivity contribution is 0.271. The summed E-state index contributed by atoms with van der Waals surface area (Å²) in [4.78, 5) is 20.4. The molecule has 0 aliphatic rings. The first-order chi connectivity index (χ1) is 9.70. The van der Waals surface area contributed by atoms with Gasteiger partial charge in [-0.05, 0) is 30.7 Å². The minimum absolute atomic E-state index is 0.0491. The molecule has 0 spiro atoms. The molecule has 102 valence electrons. The molecule has 0 atom stereocenters. The molecule has 3 rings (SSSR count). The van der Waals surface area contributed by atoms with E-state index >= 15 is 0 Å². The summed E-state index contributed by atoms with van der Waals surface area (Å²) in [6.07, 6.45) is 3.42. The van der Waals surface area contributed by atoms with Crippen molar-refractivity contribution in [3.05, 3.63) is 46.6 Å². The van der Waals surface area contributed by atoms with Gasteiger partial charge in [0.05, 0.1) is 18.5 Å². The van der Waals surface area contributed by atoms with E-state index in [0.29, 0.717) is 17.6 Å². The third kappa shape index (κ3) is 2.00. The van der Waals surface area contributed by atoms with Crippen LogP contribution >= 0.6 is 0 Å². The number of aliphatic hydroxyl groups is 1. The maximum Gasteiger partial charge on any atom is 0.273 e. The normalized spacial score (nSPS) is 11.1. The molecule has 0 radical (unpaired) electrons. The van der Waals surface area contributed by atoms with E-state index in [-0.39, 0.29) is 12.2 Å². The fourth-order valence-corrected chi connectivity index (χ4v) is 2.29. The number of aryl methyl sites for hydroxylation is 1. The molecular weight excluding hydrogens is 256 g/mol. The highest BCUT2D eigenvalue weighted by Crippen LogP contribution is 2.24. The molecule has 3 heterocycles. The molecule has 0 saturated heterocycles. The molecule has 0 bridgehead atoms. The van der Waals surface area contributed by atoms with Gasteiger partial charge in [-0.25, -0.2) is 4.98 Å². The minimum atomic E-state index is -0.198. The maximum absolute atomic E-state index is 12.0. The molecule has 0 aromatic carbocycles. The second-order valence-electron chi connectivity index (χ2n) is 4.54. The standard InChI is InChI=1S/C14H14N4O2/c1-9-11(10-2-4-15-5-3-10)8-12-13(16-9)18(6-7-19)17-14(12)20/h2-5,8,19H,6-7H2,1H3,(H,17,20). The van der Waals surface area contributed by atoms with Crippen molar-refractivity contribution in [2.24, 2.45) is 0 Å². The molecule has 2 N–H and O–H groups in total. The predicted octanol–water partition coefficient (Wildman–Crippen LogP) is 1.09. The van der Waals surface area contributed by atoms with Crippen molar-refractivity contribution in [1.29, 1.82) is 0 Å². The van der Waals surface area contributed by atoms with Crippen LogP contribution in [-0.4, -0.2) is 31.5 Å². The summed E-state index contributed by atoms with van der Waals surface area (Å²) in [6.45, 7) is 2.17. The lowest BCUT2D eigenvalue weighted by Gasteiger charge is -2.06. The SMILES string of the molecule is Cc1nc2c(cc1-c1ccncc1)c(=O)[nH]n2CCO. The van der Waals surface area contributed by atoms with Gasteiger partial charge >= 0.3 is 0 Å². The van der Waals surface area contributed by atoms with Gasteiger partial charge in [0, 0.05) is 23.7 Å². The molecule has 6 nitrogen and oxygen atoms in total. The van der Waals surface area contributed by atoms with Crippen molar-refractivity contribution in [2.75, 3.05) is 6.61 Å². The second-order valence-corrected chi connectivity index (χ2v) is 4.54. The Morgan fingerprint density at radius 1 is 1.35 bits per heavy atom. The second kappa shape index (κ2) is 4.90. The number of hydrogen-bond acceptors (Lipinski definition) is 4. The van der Waals surface area contributed by atoms with Gasteiger partial charge in [0.15, 0.2) is 5.65 Å². The van der Waals surface area contributed by atoms with E-state index in [9.17, 15) is 4.79 Å². The summed E-state index contributed by atoms with van der Waals surface area (Å²) in [6, 6.07) is 5.60. The minimum Gasteiger partial charge on any atom is -0.394 e. The number of nitrogens with zero attached hydrogens (tertiary/aromatic N) is 3. The zero-order valence-electron chi connectivity index (χ0n) is 11.0. The van der Waals surface area contributed by atoms with Crippen LogP contribution < -0.4 is 5.56 Å². The van der Waals surface area contributed by atoms with Crippen molar-refractivity contribution in [3.8, 4) is 11.1 Å². The van der Waals surface area contributed by atoms with E-state index < -0.39 is 0 Å². The first kappa shape index (κ1) is 12.6. The largest absolute Gasteiger partial charge is 0.394 e. The van der Waals surface area contributed by atoms with Crippen LogP contribution in [0.15, 0.2) is 35.4 Å². The van der Waals surface area contributed by atoms with E-state index in [2.05, 4.69) is 15.1 Å². The van der Waals surface area contributed by atoms with Crippen LogP contribution in [-0.2, 0) is 6.54 Å². The predicted molar refractivity (Wildman–Crippen MR) is 75.4 cm³/mol. The van der Waals surface area contributed by atoms with Crippen LogP contribution in [0.25, 0.3) is 22.2 Å². The number of fused-ring (bicyclic) bond motifs is 1. The van der Waals surface area contributed by atoms with Gasteiger partial charge in [0.2, 0.25) is 0 Å². The lowest BCUT2D eigenvalue weighted by atomic mass is 10.1. The van der Waals surface area contributed by atoms with Gasteiger partial charge in [-0.3, -0.25) is 19.6 Å². The molecular formula is C14H14N4O2. The van der Waals surface area contributed by atoms with E-state index in [0.717, 1.165) is 16.8 Å². The highest BCUT2D eigenvalue weighted by Gasteiger charge is 2.12. The Morgan fingerprint density at radius 3 is 2.80 bits per heavy atom. The Kier molecular flexibility index (Phi) is 3.08. The number of aromatic amines is 1. The Balaban J connectivity index is 2.25. The van der Waals surface area contributed by atoms with Gasteiger partial charge in [-0.2, -0.15) is 0 Å². The number of pyridine rings is 2. The van der Waals surface area contributed by atoms with Crippen molar-refractivity contribution in [1.82, 2.24) is 19.7 Å². The molecule has 3 aromatic heterocycles. The highest BCUT2D eigenvalue weighted by molar-refractivity contribution is 5.82. The number of nitrogens with one attached hydrogen (secondary N) is 1. The Labute approximate surface area is 114 Å². The molecule has 0 aliphatic heterocycles. The summed E-state index contributed by atoms with van der Waals surface area (Å²) in [5, 5.41) is 12.2. The average molecular weight is 270 g/mol. The molecule has 3 aromatic rings. The van der Waals surface area contributed by atoms with E-state index in [1.165, 1.54) is 0 Å². The van der Waals surface area contributed by atoms with Gasteiger partial charge in [-0.1, -0.05) is 0 Å². The van der Waals surface area contributed by atoms with E-state index in [4.69, 9.17) is 5.11 Å². The van der Waals surface area contributed by atoms with Gasteiger partial charge in [-0.15, -0.1) is 0 Å². The van der Waals surface area contributed by atoms with Crippen LogP contribution in [0.4, 0.5) is 0 Å². The Morgan fingerprint density at radius 2 is 2.10 bits per heavy atom. The van der Waals surface area contributed by atoms with E-state index in [1.807, 2.05) is 25.1 Å². The molecule has 20 heavy (non-hydrogen) atoms. The third-order valence-corrected chi connectivity index (χ3v) is 3.24. The molecule has 0 amide bonds. The summed E-state index contributed by atoms with van der Waals surface area (Å²) < 4.78 is 1.57. The number of aliphatic hydroxyl groups excluding tert-OH is 1. The number of H-pyrrole nitrogens is 1. The maximum atomic E-state index is 12.0. The van der Waals surface area contributed by atoms with Crippen LogP contribution in [0, 0.1) is 6.92 Å². The summed E-state index contributed by atoms with van der Waals surface area (Å²) in [5.41, 5.74) is 3.08. The quantitative estimate of drug-likeness (QED) is 0.746. The van der Waals surface area contributed by atoms with Crippen LogP contribution in [0.5, 0.6) is 0 Å². The first-order valence-electron chi connectivity index (χ1n) is 6.32. The summed E-state index contributed by atoms with van der Waals surface area (Å²) in [7, 11) is 0. The van der Waals surface area contributed by atoms with Crippen molar-refractivity contribution in [3.63, 3.8) is 0 Å². The monoisotopic (exact) mass is 270 g/mol. The van der Waals surface area contributed by atoms with Gasteiger partial charge < -0.3 is 5.11 Å². The molecule has 0 unspecified atom stereocenters. The summed E-state index contributed by atoms with van der Waals surface area (Å²) >= 11 is 0. The van der Waals surface area contributed by atoms with Crippen LogP contribution in [0.1, 0.15) is 5.69 Å². The zero-order valence-corrected chi connectivity index (χ0v) is 11.0. The topological polar surface area (TPSA) is 83.8 Å². The van der Waals surface area contributed by atoms with Crippen molar-refractivity contribution < 1.29 is 5.11 Å². The molecule has 6 heteroatoms. The van der Waals surface area contributed by atoms with Crippen molar-refractivity contribution >= 4 is 11.0 Å². The smallest absolute Gasteiger partial charge is 0.273 e. The Bertz CT molecular complexity index is 805. The van der Waals surface area contributed by atoms with E-state index in [1.54, 1.807) is 17.1 Å². The first-order valence-corrected chi connectivity index (χ1v) is 6.32. The molecule has 0 fully saturated rings. The summed E-state index contributed by atoms with van der Waals surface area (Å²) in [5.74, 6) is 0. The highest BCUT2D eigenvalue weighted by atomic mass is 16.3. The van der Waals surface area contributed by atoms with Gasteiger partial charge in [0.25, 0.3) is 5.56 Å². The zero-order chi connectivity index (χ0) is 14.1. The fourth-order valence-electron chi connectivity index (χ4n) is 2.29. The third-order valence-electron chi connectivity index (χ3n) is 3.24.